The van der Waals surface area contributed by atoms with E-state index in [0.717, 1.165) is 12.8 Å². The normalized spacial score (nSPS) is 40.0. The topological polar surface area (TPSA) is 52.3 Å². The van der Waals surface area contributed by atoms with Crippen molar-refractivity contribution in [1.29, 1.82) is 0 Å². The second-order valence-electron chi connectivity index (χ2n) is 3.30. The van der Waals surface area contributed by atoms with Gasteiger partial charge in [0.2, 0.25) is 0 Å². The standard InChI is InChI=1S/C8H13Br2NO2/c1-13-8(12)4-2-5(9)6(10)3-7(4)11/h4-7H,2-3,11H2,1H3/t4-,5-,6-,7+/m1/s1. The number of esters is 1. The lowest BCUT2D eigenvalue weighted by Crippen LogP contribution is -2.45. The quantitative estimate of drug-likeness (QED) is 0.588. The lowest BCUT2D eigenvalue weighted by Gasteiger charge is -2.33. The molecule has 5 heteroatoms. The maximum atomic E-state index is 11.3. The van der Waals surface area contributed by atoms with Gasteiger partial charge in [0, 0.05) is 15.7 Å². The van der Waals surface area contributed by atoms with E-state index < -0.39 is 0 Å². The van der Waals surface area contributed by atoms with Gasteiger partial charge in [-0.05, 0) is 12.8 Å². The van der Waals surface area contributed by atoms with Crippen molar-refractivity contribution in [2.24, 2.45) is 11.7 Å². The summed E-state index contributed by atoms with van der Waals surface area (Å²) in [6.07, 6.45) is 1.54. The van der Waals surface area contributed by atoms with Gasteiger partial charge in [-0.25, -0.2) is 0 Å². The third-order valence-corrected chi connectivity index (χ3v) is 5.12. The van der Waals surface area contributed by atoms with Crippen LogP contribution in [-0.2, 0) is 9.53 Å². The molecule has 1 saturated carbocycles. The van der Waals surface area contributed by atoms with Crippen molar-refractivity contribution in [2.75, 3.05) is 7.11 Å². The minimum atomic E-state index is -0.198. The van der Waals surface area contributed by atoms with Gasteiger partial charge >= 0.3 is 5.97 Å². The Kier molecular flexibility index (Phi) is 4.19. The van der Waals surface area contributed by atoms with Crippen molar-refractivity contribution in [3.05, 3.63) is 0 Å². The van der Waals surface area contributed by atoms with E-state index in [-0.39, 0.29) is 17.9 Å². The minimum absolute atomic E-state index is 0.0920. The first-order valence-electron chi connectivity index (χ1n) is 4.17. The molecule has 0 aromatic carbocycles. The number of methoxy groups -OCH3 is 1. The Balaban J connectivity index is 2.61. The maximum absolute atomic E-state index is 11.3. The number of rotatable bonds is 1. The van der Waals surface area contributed by atoms with Crippen LogP contribution in [0.3, 0.4) is 0 Å². The Morgan fingerprint density at radius 1 is 1.38 bits per heavy atom. The molecular formula is C8H13Br2NO2. The van der Waals surface area contributed by atoms with Crippen LogP contribution in [0.15, 0.2) is 0 Å². The fourth-order valence-corrected chi connectivity index (χ4v) is 2.83. The number of ether oxygens (including phenoxy) is 1. The van der Waals surface area contributed by atoms with E-state index in [2.05, 4.69) is 36.6 Å². The Hall–Kier alpha value is 0.390. The first-order chi connectivity index (χ1) is 6.06. The van der Waals surface area contributed by atoms with Gasteiger partial charge in [0.05, 0.1) is 13.0 Å². The molecule has 1 aliphatic carbocycles. The number of hydrogen-bond acceptors (Lipinski definition) is 3. The summed E-state index contributed by atoms with van der Waals surface area (Å²) in [5, 5.41) is 0. The van der Waals surface area contributed by atoms with Crippen molar-refractivity contribution in [2.45, 2.75) is 28.5 Å². The highest BCUT2D eigenvalue weighted by Gasteiger charge is 2.37. The fraction of sp³-hybridized carbons (Fsp3) is 0.875. The van der Waals surface area contributed by atoms with Gasteiger partial charge < -0.3 is 10.5 Å². The van der Waals surface area contributed by atoms with E-state index in [1.807, 2.05) is 0 Å². The molecule has 0 amide bonds. The van der Waals surface area contributed by atoms with Crippen LogP contribution in [0.4, 0.5) is 0 Å². The highest BCUT2D eigenvalue weighted by molar-refractivity contribution is 9.12. The van der Waals surface area contributed by atoms with E-state index in [0.29, 0.717) is 9.65 Å². The Labute approximate surface area is 94.6 Å². The summed E-state index contributed by atoms with van der Waals surface area (Å²) >= 11 is 7.02. The first kappa shape index (κ1) is 11.5. The minimum Gasteiger partial charge on any atom is -0.469 e. The third kappa shape index (κ3) is 2.67. The summed E-state index contributed by atoms with van der Waals surface area (Å²) < 4.78 is 4.69. The summed E-state index contributed by atoms with van der Waals surface area (Å²) in [4.78, 5) is 11.9. The summed E-state index contributed by atoms with van der Waals surface area (Å²) in [5.41, 5.74) is 5.86. The van der Waals surface area contributed by atoms with Gasteiger partial charge in [-0.3, -0.25) is 4.79 Å². The van der Waals surface area contributed by atoms with Crippen molar-refractivity contribution in [3.63, 3.8) is 0 Å². The third-order valence-electron chi connectivity index (χ3n) is 2.39. The summed E-state index contributed by atoms with van der Waals surface area (Å²) in [6, 6.07) is -0.0920. The predicted molar refractivity (Wildman–Crippen MR) is 58.1 cm³/mol. The zero-order valence-electron chi connectivity index (χ0n) is 7.37. The number of halogens is 2. The Bertz CT molecular complexity index is 201. The number of nitrogens with two attached hydrogens (primary N) is 1. The van der Waals surface area contributed by atoms with Crippen molar-refractivity contribution in [1.82, 2.24) is 0 Å². The SMILES string of the molecule is COC(=O)[C@@H]1C[C@@H](Br)[C@H](Br)C[C@@H]1N. The van der Waals surface area contributed by atoms with Crippen molar-refractivity contribution >= 4 is 37.8 Å². The number of carbonyl (C=O) groups is 1. The number of carbonyl (C=O) groups excluding carboxylic acids is 1. The molecule has 0 unspecified atom stereocenters. The lowest BCUT2D eigenvalue weighted by atomic mass is 9.85. The lowest BCUT2D eigenvalue weighted by molar-refractivity contribution is -0.146. The molecule has 0 aliphatic heterocycles. The first-order valence-corrected chi connectivity index (χ1v) is 6.01. The number of alkyl halides is 2. The van der Waals surface area contributed by atoms with Gasteiger partial charge in [0.1, 0.15) is 0 Å². The Morgan fingerprint density at radius 3 is 2.46 bits per heavy atom. The molecule has 1 aliphatic rings. The molecular weight excluding hydrogens is 302 g/mol. The van der Waals surface area contributed by atoms with E-state index in [4.69, 9.17) is 5.73 Å². The van der Waals surface area contributed by atoms with Crippen LogP contribution in [0.5, 0.6) is 0 Å². The molecule has 3 nitrogen and oxygen atoms in total. The molecule has 0 aromatic heterocycles. The molecule has 0 saturated heterocycles. The van der Waals surface area contributed by atoms with Crippen LogP contribution in [0.1, 0.15) is 12.8 Å². The molecule has 2 N–H and O–H groups in total. The van der Waals surface area contributed by atoms with E-state index in [1.165, 1.54) is 7.11 Å². The highest BCUT2D eigenvalue weighted by atomic mass is 79.9. The van der Waals surface area contributed by atoms with Gasteiger partial charge in [0.15, 0.2) is 0 Å². The average molecular weight is 315 g/mol. The van der Waals surface area contributed by atoms with E-state index in [1.54, 1.807) is 0 Å². The Morgan fingerprint density at radius 2 is 1.92 bits per heavy atom. The smallest absolute Gasteiger partial charge is 0.310 e. The number of hydrogen-bond donors (Lipinski definition) is 1. The molecule has 0 radical (unpaired) electrons. The maximum Gasteiger partial charge on any atom is 0.310 e. The van der Waals surface area contributed by atoms with Crippen LogP contribution in [0.2, 0.25) is 0 Å². The molecule has 0 heterocycles. The van der Waals surface area contributed by atoms with Gasteiger partial charge in [0.25, 0.3) is 0 Å². The summed E-state index contributed by atoms with van der Waals surface area (Å²) in [6.45, 7) is 0. The molecule has 0 bridgehead atoms. The van der Waals surface area contributed by atoms with Crippen molar-refractivity contribution < 1.29 is 9.53 Å². The molecule has 13 heavy (non-hydrogen) atoms. The monoisotopic (exact) mass is 313 g/mol. The van der Waals surface area contributed by atoms with Crippen molar-refractivity contribution in [3.8, 4) is 0 Å². The largest absolute Gasteiger partial charge is 0.469 e. The summed E-state index contributed by atoms with van der Waals surface area (Å²) in [7, 11) is 1.40. The highest BCUT2D eigenvalue weighted by Crippen LogP contribution is 2.33. The molecule has 4 atom stereocenters. The molecule has 0 aromatic rings. The van der Waals surface area contributed by atoms with E-state index in [9.17, 15) is 4.79 Å². The molecule has 1 rings (SSSR count). The summed E-state index contributed by atoms with van der Waals surface area (Å²) in [5.74, 6) is -0.362. The van der Waals surface area contributed by atoms with Crippen LogP contribution in [0.25, 0.3) is 0 Å². The zero-order chi connectivity index (χ0) is 10.0. The average Bonchev–Trinajstić information content (AvgIpc) is 2.10. The predicted octanol–water partition coefficient (Wildman–Crippen LogP) is 1.42. The van der Waals surface area contributed by atoms with Crippen LogP contribution >= 0.6 is 31.9 Å². The van der Waals surface area contributed by atoms with Crippen LogP contribution < -0.4 is 5.73 Å². The molecule has 76 valence electrons. The molecule has 0 spiro atoms. The fourth-order valence-electron chi connectivity index (χ4n) is 1.56. The van der Waals surface area contributed by atoms with Gasteiger partial charge in [-0.15, -0.1) is 0 Å². The second kappa shape index (κ2) is 4.75. The molecule has 1 fully saturated rings. The van der Waals surface area contributed by atoms with Gasteiger partial charge in [-0.1, -0.05) is 31.9 Å². The van der Waals surface area contributed by atoms with Crippen LogP contribution in [-0.4, -0.2) is 28.8 Å². The van der Waals surface area contributed by atoms with E-state index >= 15 is 0 Å². The second-order valence-corrected chi connectivity index (χ2v) is 5.65. The van der Waals surface area contributed by atoms with Crippen LogP contribution in [0, 0.1) is 5.92 Å². The van der Waals surface area contributed by atoms with Gasteiger partial charge in [-0.2, -0.15) is 0 Å². The zero-order valence-corrected chi connectivity index (χ0v) is 10.5.